The van der Waals surface area contributed by atoms with Gasteiger partial charge in [-0.15, -0.1) is 11.6 Å². The van der Waals surface area contributed by atoms with E-state index < -0.39 is 15.8 Å². The van der Waals surface area contributed by atoms with E-state index in [4.69, 9.17) is 16.3 Å². The van der Waals surface area contributed by atoms with Crippen LogP contribution >= 0.6 is 27.5 Å². The summed E-state index contributed by atoms with van der Waals surface area (Å²) in [5.41, 5.74) is 1.89. The van der Waals surface area contributed by atoms with Crippen molar-refractivity contribution in [1.29, 1.82) is 0 Å². The maximum atomic E-state index is 14.0. The van der Waals surface area contributed by atoms with Gasteiger partial charge in [-0.3, -0.25) is 4.98 Å². The van der Waals surface area contributed by atoms with Crippen molar-refractivity contribution in [2.24, 2.45) is 0 Å². The predicted octanol–water partition coefficient (Wildman–Crippen LogP) is 5.08. The number of pyridine rings is 1. The van der Waals surface area contributed by atoms with Crippen molar-refractivity contribution in [1.82, 2.24) is 9.29 Å². The lowest BCUT2D eigenvalue weighted by Crippen LogP contribution is -2.35. The molecule has 0 N–H and O–H groups in total. The Morgan fingerprint density at radius 2 is 1.75 bits per heavy atom. The number of rotatable bonds is 11. The van der Waals surface area contributed by atoms with Crippen LogP contribution in [0, 0.1) is 5.82 Å². The molecule has 5 nitrogen and oxygen atoms in total. The fourth-order valence-electron chi connectivity index (χ4n) is 3.10. The van der Waals surface area contributed by atoms with Gasteiger partial charge in [-0.1, -0.05) is 18.2 Å². The summed E-state index contributed by atoms with van der Waals surface area (Å²) in [5, 5.41) is 0. The third-order valence-electron chi connectivity index (χ3n) is 4.82. The smallest absolute Gasteiger partial charge is 0.243 e. The number of ether oxygens (including phenoxy) is 1. The lowest BCUT2D eigenvalue weighted by molar-refractivity contribution is 0.342. The van der Waals surface area contributed by atoms with E-state index >= 15 is 0 Å². The lowest BCUT2D eigenvalue weighted by atomic mass is 10.1. The topological polar surface area (TPSA) is 59.5 Å². The Balaban J connectivity index is 1.77. The van der Waals surface area contributed by atoms with Gasteiger partial charge < -0.3 is 4.74 Å². The molecule has 1 heterocycles. The van der Waals surface area contributed by atoms with Crippen LogP contribution in [0.4, 0.5) is 4.39 Å². The van der Waals surface area contributed by atoms with Gasteiger partial charge in [-0.05, 0) is 76.3 Å². The molecule has 0 saturated carbocycles. The summed E-state index contributed by atoms with van der Waals surface area (Å²) in [6.07, 6.45) is 4.38. The van der Waals surface area contributed by atoms with E-state index in [0.29, 0.717) is 31.1 Å². The minimum absolute atomic E-state index is 0.0748. The minimum atomic E-state index is -3.89. The van der Waals surface area contributed by atoms with E-state index in [0.717, 1.165) is 17.2 Å². The van der Waals surface area contributed by atoms with E-state index in [1.165, 1.54) is 16.4 Å². The standard InChI is InChI=1S/C23H23BrClFN2O3S/c24-22-8-7-21(16-23(22)26)32(29,30)28(14-10-19-2-1-12-27-17-19)13-9-18-3-5-20(6-4-18)31-15-11-25/h1-8,12,16-17H,9-11,13-15H2. The van der Waals surface area contributed by atoms with Gasteiger partial charge in [0, 0.05) is 25.5 Å². The molecule has 170 valence electrons. The van der Waals surface area contributed by atoms with Crippen molar-refractivity contribution >= 4 is 37.6 Å². The second-order valence-electron chi connectivity index (χ2n) is 7.02. The van der Waals surface area contributed by atoms with Gasteiger partial charge in [-0.25, -0.2) is 12.8 Å². The van der Waals surface area contributed by atoms with E-state index in [1.54, 1.807) is 12.4 Å². The average molecular weight is 542 g/mol. The number of benzene rings is 2. The van der Waals surface area contributed by atoms with Crippen LogP contribution < -0.4 is 4.74 Å². The van der Waals surface area contributed by atoms with Gasteiger partial charge in [0.2, 0.25) is 10.0 Å². The zero-order chi connectivity index (χ0) is 23.0. The number of halogens is 3. The number of sulfonamides is 1. The molecule has 32 heavy (non-hydrogen) atoms. The van der Waals surface area contributed by atoms with Crippen molar-refractivity contribution in [3.63, 3.8) is 0 Å². The summed E-state index contributed by atoms with van der Waals surface area (Å²) in [6, 6.07) is 15.0. The second kappa shape index (κ2) is 11.7. The summed E-state index contributed by atoms with van der Waals surface area (Å²) in [7, 11) is -3.89. The molecule has 3 aromatic rings. The zero-order valence-electron chi connectivity index (χ0n) is 17.3. The summed E-state index contributed by atoms with van der Waals surface area (Å²) < 4.78 is 47.7. The van der Waals surface area contributed by atoms with Crippen molar-refractivity contribution < 1.29 is 17.5 Å². The van der Waals surface area contributed by atoms with E-state index in [2.05, 4.69) is 20.9 Å². The molecular weight excluding hydrogens is 519 g/mol. The third-order valence-corrected chi connectivity index (χ3v) is 7.51. The Bertz CT molecular complexity index is 1120. The van der Waals surface area contributed by atoms with Crippen LogP contribution in [-0.2, 0) is 22.9 Å². The summed E-state index contributed by atoms with van der Waals surface area (Å²) in [5.74, 6) is 0.494. The van der Waals surface area contributed by atoms with Crippen LogP contribution in [-0.4, -0.2) is 43.3 Å². The highest BCUT2D eigenvalue weighted by Gasteiger charge is 2.25. The van der Waals surface area contributed by atoms with Crippen LogP contribution in [0.25, 0.3) is 0 Å². The first kappa shape index (κ1) is 24.6. The van der Waals surface area contributed by atoms with Crippen LogP contribution in [0.15, 0.2) is 76.4 Å². The lowest BCUT2D eigenvalue weighted by Gasteiger charge is -2.22. The molecular formula is C23H23BrClFN2O3S. The molecule has 0 atom stereocenters. The molecule has 0 aliphatic rings. The van der Waals surface area contributed by atoms with Crippen molar-refractivity contribution in [2.45, 2.75) is 17.7 Å². The molecule has 0 aliphatic carbocycles. The van der Waals surface area contributed by atoms with Gasteiger partial charge in [-0.2, -0.15) is 4.31 Å². The maximum absolute atomic E-state index is 14.0. The summed E-state index contributed by atoms with van der Waals surface area (Å²) in [6.45, 7) is 0.926. The maximum Gasteiger partial charge on any atom is 0.243 e. The molecule has 3 rings (SSSR count). The molecule has 0 unspecified atom stereocenters. The van der Waals surface area contributed by atoms with Gasteiger partial charge >= 0.3 is 0 Å². The Kier molecular flexibility index (Phi) is 9.04. The molecule has 0 amide bonds. The molecule has 0 aliphatic heterocycles. The first-order chi connectivity index (χ1) is 15.4. The molecule has 0 spiro atoms. The quantitative estimate of drug-likeness (QED) is 0.318. The molecule has 0 radical (unpaired) electrons. The van der Waals surface area contributed by atoms with Crippen molar-refractivity contribution in [3.05, 3.63) is 88.4 Å². The monoisotopic (exact) mass is 540 g/mol. The molecule has 9 heteroatoms. The van der Waals surface area contributed by atoms with Crippen molar-refractivity contribution in [3.8, 4) is 5.75 Å². The SMILES string of the molecule is O=S(=O)(c1ccc(Br)c(F)c1)N(CCc1ccc(OCCCl)cc1)CCc1cccnc1. The number of hydrogen-bond donors (Lipinski definition) is 0. The first-order valence-corrected chi connectivity index (χ1v) is 12.8. The number of alkyl halides is 1. The molecule has 1 aromatic heterocycles. The highest BCUT2D eigenvalue weighted by atomic mass is 79.9. The minimum Gasteiger partial charge on any atom is -0.492 e. The first-order valence-electron chi connectivity index (χ1n) is 10.0. The fourth-order valence-corrected chi connectivity index (χ4v) is 4.88. The fraction of sp³-hybridized carbons (Fsp3) is 0.261. The Morgan fingerprint density at radius 3 is 2.38 bits per heavy atom. The normalized spacial score (nSPS) is 11.6. The number of aromatic nitrogens is 1. The van der Waals surface area contributed by atoms with Crippen molar-refractivity contribution in [2.75, 3.05) is 25.6 Å². The molecule has 0 saturated heterocycles. The van der Waals surface area contributed by atoms with Gasteiger partial charge in [0.1, 0.15) is 18.2 Å². The van der Waals surface area contributed by atoms with E-state index in [1.807, 2.05) is 36.4 Å². The number of hydrogen-bond acceptors (Lipinski definition) is 4. The van der Waals surface area contributed by atoms with Gasteiger partial charge in [0.25, 0.3) is 0 Å². The predicted molar refractivity (Wildman–Crippen MR) is 127 cm³/mol. The molecule has 2 aromatic carbocycles. The van der Waals surface area contributed by atoms with Crippen LogP contribution in [0.3, 0.4) is 0 Å². The highest BCUT2D eigenvalue weighted by molar-refractivity contribution is 9.10. The van der Waals surface area contributed by atoms with Crippen LogP contribution in [0.2, 0.25) is 0 Å². The Morgan fingerprint density at radius 1 is 1.03 bits per heavy atom. The van der Waals surface area contributed by atoms with Gasteiger partial charge in [0.15, 0.2) is 0 Å². The van der Waals surface area contributed by atoms with Gasteiger partial charge in [0.05, 0.1) is 15.2 Å². The summed E-state index contributed by atoms with van der Waals surface area (Å²) in [4.78, 5) is 4.01. The van der Waals surface area contributed by atoms with E-state index in [9.17, 15) is 12.8 Å². The van der Waals surface area contributed by atoms with E-state index in [-0.39, 0.29) is 22.5 Å². The van der Waals surface area contributed by atoms with Crippen LogP contribution in [0.5, 0.6) is 5.75 Å². The highest BCUT2D eigenvalue weighted by Crippen LogP contribution is 2.23. The summed E-state index contributed by atoms with van der Waals surface area (Å²) >= 11 is 8.70. The molecule has 0 fully saturated rings. The third kappa shape index (κ3) is 6.75. The molecule has 0 bridgehead atoms. The largest absolute Gasteiger partial charge is 0.492 e. The Hall–Kier alpha value is -2.00. The second-order valence-corrected chi connectivity index (χ2v) is 10.2. The average Bonchev–Trinajstić information content (AvgIpc) is 2.80. The Labute approximate surface area is 201 Å². The zero-order valence-corrected chi connectivity index (χ0v) is 20.4. The van der Waals surface area contributed by atoms with Crippen LogP contribution in [0.1, 0.15) is 11.1 Å². The number of nitrogens with zero attached hydrogens (tertiary/aromatic N) is 2.